The van der Waals surface area contributed by atoms with Gasteiger partial charge in [-0.25, -0.2) is 4.98 Å². The molecule has 2 aromatic carbocycles. The molecule has 4 heteroatoms. The quantitative estimate of drug-likeness (QED) is 0.442. The fraction of sp³-hybridized carbons (Fsp3) is 0.292. The summed E-state index contributed by atoms with van der Waals surface area (Å²) in [5, 5.41) is 12.4. The minimum Gasteiger partial charge on any atom is -0.506 e. The van der Waals surface area contributed by atoms with Gasteiger partial charge in [0.25, 0.3) is 0 Å². The summed E-state index contributed by atoms with van der Waals surface area (Å²) in [5.41, 5.74) is 4.12. The molecule has 2 aromatic heterocycles. The smallest absolute Gasteiger partial charge is 0.143 e. The topological polar surface area (TPSA) is 38.1 Å². The Kier molecular flexibility index (Phi) is 5.11. The molecule has 4 aromatic rings. The van der Waals surface area contributed by atoms with E-state index in [1.54, 1.807) is 17.4 Å². The molecule has 0 radical (unpaired) electrons. The van der Waals surface area contributed by atoms with Gasteiger partial charge in [-0.1, -0.05) is 37.8 Å². The van der Waals surface area contributed by atoms with E-state index in [0.717, 1.165) is 34.7 Å². The first-order valence-corrected chi connectivity index (χ1v) is 10.5. The molecule has 0 saturated heterocycles. The van der Waals surface area contributed by atoms with Crippen molar-refractivity contribution in [1.29, 1.82) is 0 Å². The number of phenolic OH excluding ortho intramolecular Hbond substituents is 1. The zero-order chi connectivity index (χ0) is 19.7. The number of rotatable bonds is 4. The lowest BCUT2D eigenvalue weighted by Crippen LogP contribution is -2.02. The van der Waals surface area contributed by atoms with Crippen LogP contribution in [0.25, 0.3) is 21.1 Å². The lowest BCUT2D eigenvalue weighted by atomic mass is 10.1. The Labute approximate surface area is 169 Å². The summed E-state index contributed by atoms with van der Waals surface area (Å²) < 4.78 is 3.32. The molecule has 0 aliphatic carbocycles. The standard InChI is InChI=1S/C24H24N2OS/c1-16(2)15-26-11-10-20-9-8-18(12-21(20)26)6-4-5-7-19-13-22(27)24-23(14-19)28-17(3)25-24/h8-14,16,27H,4,6,15H2,1-3H3. The van der Waals surface area contributed by atoms with E-state index in [-0.39, 0.29) is 5.75 Å². The minimum absolute atomic E-state index is 0.211. The highest BCUT2D eigenvalue weighted by Gasteiger charge is 2.07. The number of aromatic hydroxyl groups is 1. The second kappa shape index (κ2) is 7.69. The summed E-state index contributed by atoms with van der Waals surface area (Å²) in [6.07, 6.45) is 3.89. The van der Waals surface area contributed by atoms with Crippen molar-refractivity contribution in [3.05, 3.63) is 58.7 Å². The first-order valence-electron chi connectivity index (χ1n) is 9.66. The lowest BCUT2D eigenvalue weighted by molar-refractivity contribution is 0.480. The summed E-state index contributed by atoms with van der Waals surface area (Å²) in [6, 6.07) is 12.6. The van der Waals surface area contributed by atoms with Crippen LogP contribution in [0.4, 0.5) is 0 Å². The fourth-order valence-corrected chi connectivity index (χ4v) is 4.39. The van der Waals surface area contributed by atoms with Crippen molar-refractivity contribution in [3.8, 4) is 17.6 Å². The van der Waals surface area contributed by atoms with Crippen LogP contribution in [-0.2, 0) is 13.0 Å². The molecule has 0 bridgehead atoms. The molecule has 28 heavy (non-hydrogen) atoms. The fourth-order valence-electron chi connectivity index (χ4n) is 3.50. The summed E-state index contributed by atoms with van der Waals surface area (Å²) in [7, 11) is 0. The Morgan fingerprint density at radius 2 is 2.04 bits per heavy atom. The first kappa shape index (κ1) is 18.6. The molecule has 0 fully saturated rings. The Bertz CT molecular complexity index is 1200. The third-order valence-corrected chi connectivity index (χ3v) is 5.67. The number of aromatic nitrogens is 2. The Morgan fingerprint density at radius 1 is 1.18 bits per heavy atom. The predicted molar refractivity (Wildman–Crippen MR) is 118 cm³/mol. The van der Waals surface area contributed by atoms with Crippen LogP contribution < -0.4 is 0 Å². The van der Waals surface area contributed by atoms with Gasteiger partial charge in [0.1, 0.15) is 11.3 Å². The highest BCUT2D eigenvalue weighted by molar-refractivity contribution is 7.18. The molecule has 142 valence electrons. The molecule has 1 N–H and O–H groups in total. The molecule has 0 saturated carbocycles. The van der Waals surface area contributed by atoms with E-state index < -0.39 is 0 Å². The lowest BCUT2D eigenvalue weighted by Gasteiger charge is -2.09. The Hall–Kier alpha value is -2.77. The number of nitrogens with zero attached hydrogens (tertiary/aromatic N) is 2. The Morgan fingerprint density at radius 3 is 2.86 bits per heavy atom. The van der Waals surface area contributed by atoms with Crippen LogP contribution in [-0.4, -0.2) is 14.7 Å². The third-order valence-electron chi connectivity index (χ3n) is 4.75. The second-order valence-electron chi connectivity index (χ2n) is 7.63. The molecule has 0 aliphatic rings. The van der Waals surface area contributed by atoms with Gasteiger partial charge < -0.3 is 9.67 Å². The highest BCUT2D eigenvalue weighted by atomic mass is 32.1. The van der Waals surface area contributed by atoms with E-state index in [4.69, 9.17) is 0 Å². The summed E-state index contributed by atoms with van der Waals surface area (Å²) in [5.74, 6) is 7.28. The second-order valence-corrected chi connectivity index (χ2v) is 8.87. The number of hydrogen-bond donors (Lipinski definition) is 1. The molecule has 0 aliphatic heterocycles. The Balaban J connectivity index is 1.48. The number of benzene rings is 2. The van der Waals surface area contributed by atoms with Crippen LogP contribution in [0.15, 0.2) is 42.6 Å². The van der Waals surface area contributed by atoms with Crippen molar-refractivity contribution in [3.63, 3.8) is 0 Å². The maximum absolute atomic E-state index is 10.1. The van der Waals surface area contributed by atoms with Gasteiger partial charge in [0.05, 0.1) is 9.71 Å². The average molecular weight is 389 g/mol. The third kappa shape index (κ3) is 3.90. The van der Waals surface area contributed by atoms with E-state index in [1.807, 2.05) is 13.0 Å². The predicted octanol–water partition coefficient (Wildman–Crippen LogP) is 5.91. The minimum atomic E-state index is 0.211. The van der Waals surface area contributed by atoms with Gasteiger partial charge in [0, 0.05) is 30.2 Å². The number of thiazole rings is 1. The number of aryl methyl sites for hydroxylation is 2. The molecule has 0 atom stereocenters. The van der Waals surface area contributed by atoms with E-state index >= 15 is 0 Å². The van der Waals surface area contributed by atoms with Gasteiger partial charge in [-0.05, 0) is 54.5 Å². The normalized spacial score (nSPS) is 11.3. The number of hydrogen-bond acceptors (Lipinski definition) is 3. The van der Waals surface area contributed by atoms with Gasteiger partial charge in [-0.3, -0.25) is 0 Å². The van der Waals surface area contributed by atoms with E-state index in [1.165, 1.54) is 16.5 Å². The molecular formula is C24H24N2OS. The molecule has 4 rings (SSSR count). The maximum atomic E-state index is 10.1. The van der Waals surface area contributed by atoms with Crippen LogP contribution in [0.1, 0.15) is 36.4 Å². The van der Waals surface area contributed by atoms with E-state index in [2.05, 4.69) is 65.7 Å². The maximum Gasteiger partial charge on any atom is 0.143 e. The van der Waals surface area contributed by atoms with Crippen LogP contribution in [0.2, 0.25) is 0 Å². The van der Waals surface area contributed by atoms with Crippen LogP contribution in [0, 0.1) is 24.7 Å². The van der Waals surface area contributed by atoms with Crippen molar-refractivity contribution < 1.29 is 5.11 Å². The van der Waals surface area contributed by atoms with E-state index in [9.17, 15) is 5.11 Å². The van der Waals surface area contributed by atoms with Gasteiger partial charge in [0.2, 0.25) is 0 Å². The number of fused-ring (bicyclic) bond motifs is 2. The van der Waals surface area contributed by atoms with Gasteiger partial charge in [0.15, 0.2) is 0 Å². The summed E-state index contributed by atoms with van der Waals surface area (Å²) in [6.45, 7) is 7.47. The van der Waals surface area contributed by atoms with Crippen LogP contribution >= 0.6 is 11.3 Å². The average Bonchev–Trinajstić information content (AvgIpc) is 3.21. The zero-order valence-electron chi connectivity index (χ0n) is 16.5. The van der Waals surface area contributed by atoms with E-state index in [0.29, 0.717) is 11.4 Å². The first-order chi connectivity index (χ1) is 13.5. The van der Waals surface area contributed by atoms with Crippen LogP contribution in [0.5, 0.6) is 5.75 Å². The molecular weight excluding hydrogens is 364 g/mol. The van der Waals surface area contributed by atoms with Gasteiger partial charge >= 0.3 is 0 Å². The molecule has 0 amide bonds. The number of phenols is 1. The molecule has 0 unspecified atom stereocenters. The summed E-state index contributed by atoms with van der Waals surface area (Å²) >= 11 is 1.58. The summed E-state index contributed by atoms with van der Waals surface area (Å²) in [4.78, 5) is 4.35. The SMILES string of the molecule is Cc1nc2c(O)cc(C#CCCc3ccc4ccn(CC(C)C)c4c3)cc2s1. The van der Waals surface area contributed by atoms with Crippen molar-refractivity contribution in [2.24, 2.45) is 5.92 Å². The highest BCUT2D eigenvalue weighted by Crippen LogP contribution is 2.30. The zero-order valence-corrected chi connectivity index (χ0v) is 17.3. The van der Waals surface area contributed by atoms with Gasteiger partial charge in [-0.2, -0.15) is 0 Å². The van der Waals surface area contributed by atoms with Crippen LogP contribution in [0.3, 0.4) is 0 Å². The largest absolute Gasteiger partial charge is 0.506 e. The van der Waals surface area contributed by atoms with Crippen molar-refractivity contribution in [1.82, 2.24) is 9.55 Å². The monoisotopic (exact) mass is 388 g/mol. The van der Waals surface area contributed by atoms with Crippen molar-refractivity contribution in [2.75, 3.05) is 0 Å². The molecule has 0 spiro atoms. The molecule has 2 heterocycles. The molecule has 3 nitrogen and oxygen atoms in total. The van der Waals surface area contributed by atoms with Crippen molar-refractivity contribution >= 4 is 32.5 Å². The van der Waals surface area contributed by atoms with Gasteiger partial charge in [-0.15, -0.1) is 11.3 Å². The van der Waals surface area contributed by atoms with Crippen molar-refractivity contribution in [2.45, 2.75) is 40.2 Å².